The zero-order chi connectivity index (χ0) is 28.7. The largest absolute Gasteiger partial charge is 0.394 e. The van der Waals surface area contributed by atoms with Crippen molar-refractivity contribution in [2.24, 2.45) is 5.41 Å². The number of nitrogens with zero attached hydrogens (tertiary/aromatic N) is 3. The molecule has 3 heterocycles. The van der Waals surface area contributed by atoms with Gasteiger partial charge in [-0.2, -0.15) is 5.26 Å². The van der Waals surface area contributed by atoms with E-state index in [0.29, 0.717) is 68.9 Å². The summed E-state index contributed by atoms with van der Waals surface area (Å²) < 4.78 is 15.1. The maximum absolute atomic E-state index is 10.0. The molecule has 0 saturated carbocycles. The van der Waals surface area contributed by atoms with E-state index in [2.05, 4.69) is 53.4 Å². The smallest absolute Gasteiger partial charge is 0.127 e. The van der Waals surface area contributed by atoms with Crippen molar-refractivity contribution in [1.82, 2.24) is 21.0 Å². The molecule has 1 fully saturated rings. The second kappa shape index (κ2) is 10.7. The van der Waals surface area contributed by atoms with Crippen LogP contribution in [0.2, 0.25) is 10.0 Å². The SMILES string of the molecule is [2H][C@](Nc1cc(Cl)c2ncc(C#N)c(NCC(C)(C)C)c2c1)(C1=CN(C2(CO)COC2)NN1)c1ccccc1Cl. The number of rotatable bonds is 8. The molecule has 0 spiro atoms. The van der Waals surface area contributed by atoms with Crippen LogP contribution in [0.15, 0.2) is 54.5 Å². The highest BCUT2D eigenvalue weighted by atomic mass is 35.5. The van der Waals surface area contributed by atoms with Gasteiger partial charge in [-0.3, -0.25) is 9.99 Å². The summed E-state index contributed by atoms with van der Waals surface area (Å²) in [5, 5.41) is 29.7. The molecule has 0 bridgehead atoms. The molecule has 39 heavy (non-hydrogen) atoms. The molecule has 0 radical (unpaired) electrons. The number of pyridine rings is 1. The predicted octanol–water partition coefficient (Wildman–Crippen LogP) is 4.95. The molecule has 2 aliphatic heterocycles. The lowest BCUT2D eigenvalue weighted by molar-refractivity contribution is -0.159. The number of aliphatic hydroxyl groups excluding tert-OH is 1. The highest BCUT2D eigenvalue weighted by Crippen LogP contribution is 2.38. The minimum Gasteiger partial charge on any atom is -0.394 e. The van der Waals surface area contributed by atoms with Gasteiger partial charge in [-0.15, -0.1) is 5.53 Å². The number of aliphatic hydroxyl groups is 1. The molecule has 0 amide bonds. The maximum atomic E-state index is 10.0. The van der Waals surface area contributed by atoms with E-state index in [4.69, 9.17) is 27.9 Å². The molecule has 5 rings (SSSR count). The summed E-state index contributed by atoms with van der Waals surface area (Å²) in [6.45, 7) is 7.47. The molecular weight excluding hydrogens is 537 g/mol. The molecule has 9 nitrogen and oxygen atoms in total. The summed E-state index contributed by atoms with van der Waals surface area (Å²) in [5.74, 6) is 0. The normalized spacial score (nSPS) is 18.3. The lowest BCUT2D eigenvalue weighted by atomic mass is 9.96. The Morgan fingerprint density at radius 2 is 2.05 bits per heavy atom. The Bertz CT molecular complexity index is 1510. The van der Waals surface area contributed by atoms with Crippen molar-refractivity contribution in [3.8, 4) is 6.07 Å². The van der Waals surface area contributed by atoms with E-state index in [0.717, 1.165) is 0 Å². The first-order valence-electron chi connectivity index (χ1n) is 13.0. The number of halogens is 2. The van der Waals surface area contributed by atoms with Gasteiger partial charge in [0.1, 0.15) is 11.6 Å². The van der Waals surface area contributed by atoms with Gasteiger partial charge in [0.15, 0.2) is 0 Å². The Hall–Kier alpha value is -3.26. The zero-order valence-electron chi connectivity index (χ0n) is 22.9. The molecule has 11 heteroatoms. The Kier molecular flexibility index (Phi) is 7.14. The average Bonchev–Trinajstić information content (AvgIpc) is 3.38. The van der Waals surface area contributed by atoms with E-state index < -0.39 is 11.6 Å². The average molecular weight is 570 g/mol. The van der Waals surface area contributed by atoms with Gasteiger partial charge in [-0.25, -0.2) is 0 Å². The topological polar surface area (TPSA) is 118 Å². The number of ether oxygens (including phenoxy) is 1. The summed E-state index contributed by atoms with van der Waals surface area (Å²) in [4.78, 5) is 4.44. The molecule has 3 aromatic rings. The second-order valence-electron chi connectivity index (χ2n) is 10.9. The lowest BCUT2D eigenvalue weighted by Gasteiger charge is -2.45. The Balaban J connectivity index is 1.61. The van der Waals surface area contributed by atoms with E-state index in [9.17, 15) is 11.7 Å². The van der Waals surface area contributed by atoms with Gasteiger partial charge in [-0.05, 0) is 29.2 Å². The van der Waals surface area contributed by atoms with Gasteiger partial charge in [0.2, 0.25) is 0 Å². The van der Waals surface area contributed by atoms with Crippen molar-refractivity contribution < 1.29 is 11.2 Å². The number of nitrogens with one attached hydrogen (secondary N) is 4. The van der Waals surface area contributed by atoms with Crippen LogP contribution in [0.5, 0.6) is 0 Å². The fourth-order valence-electron chi connectivity index (χ4n) is 4.39. The first-order chi connectivity index (χ1) is 19.0. The predicted molar refractivity (Wildman–Crippen MR) is 154 cm³/mol. The molecule has 0 aliphatic carbocycles. The molecule has 1 saturated heterocycles. The van der Waals surface area contributed by atoms with Crippen molar-refractivity contribution in [2.75, 3.05) is 37.0 Å². The van der Waals surface area contributed by atoms with Crippen LogP contribution < -0.4 is 21.6 Å². The van der Waals surface area contributed by atoms with Crippen LogP contribution in [0, 0.1) is 16.7 Å². The number of hydrazine groups is 2. The van der Waals surface area contributed by atoms with E-state index in [1.54, 1.807) is 35.5 Å². The van der Waals surface area contributed by atoms with Crippen LogP contribution in [0.4, 0.5) is 11.4 Å². The number of nitriles is 1. The van der Waals surface area contributed by atoms with Crippen LogP contribution in [0.25, 0.3) is 10.9 Å². The summed E-state index contributed by atoms with van der Waals surface area (Å²) in [6.07, 6.45) is 3.25. The molecule has 204 valence electrons. The number of hydrogen-bond acceptors (Lipinski definition) is 9. The molecule has 1 aromatic heterocycles. The third kappa shape index (κ3) is 5.44. The second-order valence-corrected chi connectivity index (χ2v) is 11.7. The van der Waals surface area contributed by atoms with Crippen LogP contribution in [-0.2, 0) is 4.74 Å². The fraction of sp³-hybridized carbons (Fsp3) is 0.357. The third-order valence-corrected chi connectivity index (χ3v) is 7.26. The highest BCUT2D eigenvalue weighted by molar-refractivity contribution is 6.36. The monoisotopic (exact) mass is 568 g/mol. The van der Waals surface area contributed by atoms with E-state index in [-0.39, 0.29) is 12.0 Å². The van der Waals surface area contributed by atoms with Crippen LogP contribution in [0.1, 0.15) is 39.3 Å². The highest BCUT2D eigenvalue weighted by Gasteiger charge is 2.45. The van der Waals surface area contributed by atoms with Crippen molar-refractivity contribution in [3.05, 3.63) is 75.7 Å². The minimum atomic E-state index is -1.61. The number of anilines is 2. The van der Waals surface area contributed by atoms with E-state index >= 15 is 0 Å². The van der Waals surface area contributed by atoms with Gasteiger partial charge in [-0.1, -0.05) is 62.2 Å². The molecule has 2 aromatic carbocycles. The Labute approximate surface area is 239 Å². The standard InChI is InChI=1S/C28H31Cl2N7O2/c1-27(2,3)13-33-24-17(10-31)11-32-25-20(24)8-18(9-22(25)30)34-26(19-6-4-5-7-21(19)29)23-12-37(36-35-23)28(14-38)15-39-16-28/h4-9,11-12,26,34-36,38H,13-16H2,1-3H3,(H,32,33)/t26-/m1/s1/i26D. The van der Waals surface area contributed by atoms with Crippen molar-refractivity contribution >= 4 is 45.5 Å². The molecule has 1 atom stereocenters. The van der Waals surface area contributed by atoms with Gasteiger partial charge in [0.05, 0.1) is 54.7 Å². The Morgan fingerprint density at radius 3 is 2.69 bits per heavy atom. The number of aromatic nitrogens is 1. The minimum absolute atomic E-state index is 0.0424. The van der Waals surface area contributed by atoms with Crippen LogP contribution in [0.3, 0.4) is 0 Å². The summed E-state index contributed by atoms with van der Waals surface area (Å²) >= 11 is 13.4. The molecular formula is C28H31Cl2N7O2. The third-order valence-electron chi connectivity index (χ3n) is 6.64. The fourth-order valence-corrected chi connectivity index (χ4v) is 4.89. The van der Waals surface area contributed by atoms with Gasteiger partial charge in [0, 0.05) is 35.0 Å². The molecule has 2 aliphatic rings. The summed E-state index contributed by atoms with van der Waals surface area (Å²) in [5.41, 5.74) is 8.45. The van der Waals surface area contributed by atoms with Gasteiger partial charge >= 0.3 is 0 Å². The summed E-state index contributed by atoms with van der Waals surface area (Å²) in [7, 11) is 0. The van der Waals surface area contributed by atoms with E-state index in [1.807, 2.05) is 12.1 Å². The van der Waals surface area contributed by atoms with Crippen molar-refractivity contribution in [3.63, 3.8) is 0 Å². The number of benzene rings is 2. The van der Waals surface area contributed by atoms with Crippen LogP contribution in [-0.4, -0.2) is 47.0 Å². The van der Waals surface area contributed by atoms with Crippen molar-refractivity contribution in [2.45, 2.75) is 32.3 Å². The lowest BCUT2D eigenvalue weighted by Crippen LogP contribution is -2.66. The number of fused-ring (bicyclic) bond motifs is 1. The molecule has 5 N–H and O–H groups in total. The quantitative estimate of drug-likeness (QED) is 0.257. The first kappa shape index (κ1) is 26.0. The zero-order valence-corrected chi connectivity index (χ0v) is 23.4. The maximum Gasteiger partial charge on any atom is 0.127 e. The van der Waals surface area contributed by atoms with Gasteiger partial charge < -0.3 is 25.9 Å². The van der Waals surface area contributed by atoms with Crippen molar-refractivity contribution in [1.29, 1.82) is 5.26 Å². The first-order valence-corrected chi connectivity index (χ1v) is 13.3. The van der Waals surface area contributed by atoms with E-state index in [1.165, 1.54) is 6.20 Å². The summed E-state index contributed by atoms with van der Waals surface area (Å²) in [6, 6.07) is 11.2. The van der Waals surface area contributed by atoms with Gasteiger partial charge in [0.25, 0.3) is 0 Å². The Morgan fingerprint density at radius 1 is 1.28 bits per heavy atom. The number of hydrogen-bond donors (Lipinski definition) is 5. The van der Waals surface area contributed by atoms with Crippen LogP contribution >= 0.6 is 23.2 Å². The molecule has 0 unspecified atom stereocenters.